The molecule has 4 rings (SSSR count). The van der Waals surface area contributed by atoms with E-state index >= 15 is 0 Å². The number of ketones is 1. The van der Waals surface area contributed by atoms with Gasteiger partial charge in [0.05, 0.1) is 25.6 Å². The van der Waals surface area contributed by atoms with Crippen LogP contribution in [0.25, 0.3) is 0 Å². The molecule has 6 nitrogen and oxygen atoms in total. The van der Waals surface area contributed by atoms with Crippen molar-refractivity contribution < 1.29 is 23.8 Å². The highest BCUT2D eigenvalue weighted by Gasteiger charge is 2.47. The number of methoxy groups -OCH3 is 1. The highest BCUT2D eigenvalue weighted by atomic mass is 16.5. The number of rotatable bonds is 4. The number of hydrogen-bond acceptors (Lipinski definition) is 5. The van der Waals surface area contributed by atoms with Gasteiger partial charge in [0.25, 0.3) is 5.91 Å². The first-order valence-corrected chi connectivity index (χ1v) is 9.77. The monoisotopic (exact) mass is 395 g/mol. The highest BCUT2D eigenvalue weighted by molar-refractivity contribution is 6.01. The number of nitrogens with zero attached hydrogens (tertiary/aromatic N) is 1. The second-order valence-corrected chi connectivity index (χ2v) is 7.92. The zero-order valence-corrected chi connectivity index (χ0v) is 17.0. The number of hydrogen-bond donors (Lipinski definition) is 0. The van der Waals surface area contributed by atoms with E-state index in [0.717, 1.165) is 11.1 Å². The normalized spacial score (nSPS) is 20.4. The van der Waals surface area contributed by atoms with Crippen LogP contribution in [-0.4, -0.2) is 49.0 Å². The Kier molecular flexibility index (Phi) is 4.94. The summed E-state index contributed by atoms with van der Waals surface area (Å²) in [7, 11) is 1.57. The third-order valence-electron chi connectivity index (χ3n) is 5.52. The van der Waals surface area contributed by atoms with Crippen LogP contribution in [0.3, 0.4) is 0 Å². The number of aryl methyl sites for hydroxylation is 2. The van der Waals surface area contributed by atoms with Crippen molar-refractivity contribution in [3.63, 3.8) is 0 Å². The standard InChI is InChI=1S/C23H25NO5/c1-15-8-16(2)10-18(9-15)28-13-22(26)24-7-6-23(14-24)12-20(25)19-11-17(27-3)4-5-21(19)29-23/h4-5,8-11H,6-7,12-14H2,1-3H3. The number of ether oxygens (including phenoxy) is 3. The molecular formula is C23H25NO5. The summed E-state index contributed by atoms with van der Waals surface area (Å²) in [4.78, 5) is 27.1. The van der Waals surface area contributed by atoms with E-state index in [-0.39, 0.29) is 24.7 Å². The van der Waals surface area contributed by atoms with Gasteiger partial charge in [0.2, 0.25) is 0 Å². The maximum Gasteiger partial charge on any atom is 0.260 e. The molecule has 2 heterocycles. The SMILES string of the molecule is COc1ccc2c(c1)C(=O)CC1(CCN(C(=O)COc3cc(C)cc(C)c3)C1)O2. The lowest BCUT2D eigenvalue weighted by Gasteiger charge is -2.34. The molecule has 2 aromatic rings. The molecule has 0 saturated carbocycles. The number of fused-ring (bicyclic) bond motifs is 1. The number of likely N-dealkylation sites (tertiary alicyclic amines) is 1. The average Bonchev–Trinajstić information content (AvgIpc) is 3.08. The smallest absolute Gasteiger partial charge is 0.260 e. The summed E-state index contributed by atoms with van der Waals surface area (Å²) in [6, 6.07) is 11.1. The van der Waals surface area contributed by atoms with Crippen LogP contribution in [0.1, 0.15) is 34.3 Å². The largest absolute Gasteiger partial charge is 0.497 e. The third-order valence-corrected chi connectivity index (χ3v) is 5.52. The molecule has 0 aromatic heterocycles. The van der Waals surface area contributed by atoms with E-state index < -0.39 is 5.60 Å². The summed E-state index contributed by atoms with van der Waals surface area (Å²) in [5.41, 5.74) is 2.07. The van der Waals surface area contributed by atoms with Gasteiger partial charge in [-0.2, -0.15) is 0 Å². The Morgan fingerprint density at radius 3 is 2.62 bits per heavy atom. The lowest BCUT2D eigenvalue weighted by molar-refractivity contribution is -0.133. The van der Waals surface area contributed by atoms with Crippen LogP contribution in [0.2, 0.25) is 0 Å². The summed E-state index contributed by atoms with van der Waals surface area (Å²) < 4.78 is 17.1. The molecule has 2 aromatic carbocycles. The van der Waals surface area contributed by atoms with Crippen LogP contribution in [-0.2, 0) is 4.79 Å². The van der Waals surface area contributed by atoms with Crippen LogP contribution >= 0.6 is 0 Å². The van der Waals surface area contributed by atoms with Gasteiger partial charge >= 0.3 is 0 Å². The van der Waals surface area contributed by atoms with E-state index in [1.165, 1.54) is 0 Å². The van der Waals surface area contributed by atoms with Crippen molar-refractivity contribution >= 4 is 11.7 Å². The Morgan fingerprint density at radius 1 is 1.14 bits per heavy atom. The third kappa shape index (κ3) is 3.92. The van der Waals surface area contributed by atoms with E-state index in [4.69, 9.17) is 14.2 Å². The molecule has 0 radical (unpaired) electrons. The van der Waals surface area contributed by atoms with Gasteiger partial charge in [0.15, 0.2) is 12.4 Å². The fourth-order valence-electron chi connectivity index (χ4n) is 4.14. The molecular weight excluding hydrogens is 370 g/mol. The Hall–Kier alpha value is -3.02. The molecule has 0 N–H and O–H groups in total. The highest BCUT2D eigenvalue weighted by Crippen LogP contribution is 2.40. The summed E-state index contributed by atoms with van der Waals surface area (Å²) in [5, 5.41) is 0. The zero-order chi connectivity index (χ0) is 20.6. The number of benzene rings is 2. The molecule has 2 aliphatic rings. The Balaban J connectivity index is 1.41. The van der Waals surface area contributed by atoms with E-state index in [1.54, 1.807) is 30.2 Å². The maximum atomic E-state index is 12.7. The summed E-state index contributed by atoms with van der Waals surface area (Å²) in [6.45, 7) is 4.90. The van der Waals surface area contributed by atoms with E-state index in [0.29, 0.717) is 42.3 Å². The van der Waals surface area contributed by atoms with E-state index in [1.807, 2.05) is 26.0 Å². The lowest BCUT2D eigenvalue weighted by Crippen LogP contribution is -2.45. The summed E-state index contributed by atoms with van der Waals surface area (Å²) >= 11 is 0. The zero-order valence-electron chi connectivity index (χ0n) is 17.0. The van der Waals surface area contributed by atoms with Crippen molar-refractivity contribution in [3.8, 4) is 17.2 Å². The van der Waals surface area contributed by atoms with Crippen molar-refractivity contribution in [1.82, 2.24) is 4.90 Å². The van der Waals surface area contributed by atoms with Crippen LogP contribution in [0.5, 0.6) is 17.2 Å². The summed E-state index contributed by atoms with van der Waals surface area (Å²) in [5.74, 6) is 1.80. The minimum Gasteiger partial charge on any atom is -0.497 e. The Bertz CT molecular complexity index is 949. The predicted molar refractivity (Wildman–Crippen MR) is 108 cm³/mol. The van der Waals surface area contributed by atoms with Gasteiger partial charge in [-0.1, -0.05) is 6.07 Å². The first-order chi connectivity index (χ1) is 13.9. The van der Waals surface area contributed by atoms with Gasteiger partial charge in [0.1, 0.15) is 22.8 Å². The number of carbonyl (C=O) groups excluding carboxylic acids is 2. The van der Waals surface area contributed by atoms with Gasteiger partial charge in [-0.15, -0.1) is 0 Å². The van der Waals surface area contributed by atoms with Crippen LogP contribution in [0.4, 0.5) is 0 Å². The fraction of sp³-hybridized carbons (Fsp3) is 0.391. The number of Topliss-reactive ketones (excluding diaryl/α,β-unsaturated/α-hetero) is 1. The quantitative estimate of drug-likeness (QED) is 0.795. The second-order valence-electron chi connectivity index (χ2n) is 7.92. The predicted octanol–water partition coefficient (Wildman–Crippen LogP) is 3.33. The minimum atomic E-state index is -0.658. The first-order valence-electron chi connectivity index (χ1n) is 9.77. The van der Waals surface area contributed by atoms with Gasteiger partial charge in [0, 0.05) is 13.0 Å². The number of carbonyl (C=O) groups is 2. The molecule has 1 unspecified atom stereocenters. The van der Waals surface area contributed by atoms with Gasteiger partial charge in [-0.05, 0) is 55.3 Å². The van der Waals surface area contributed by atoms with Crippen LogP contribution in [0, 0.1) is 13.8 Å². The molecule has 1 saturated heterocycles. The molecule has 29 heavy (non-hydrogen) atoms. The van der Waals surface area contributed by atoms with Gasteiger partial charge < -0.3 is 19.1 Å². The molecule has 6 heteroatoms. The maximum absolute atomic E-state index is 12.7. The molecule has 1 atom stereocenters. The number of amides is 1. The van der Waals surface area contributed by atoms with Crippen LogP contribution in [0.15, 0.2) is 36.4 Å². The van der Waals surface area contributed by atoms with Crippen molar-refractivity contribution in [2.45, 2.75) is 32.3 Å². The molecule has 0 aliphatic carbocycles. The first kappa shape index (κ1) is 19.3. The van der Waals surface area contributed by atoms with Crippen LogP contribution < -0.4 is 14.2 Å². The van der Waals surface area contributed by atoms with Crippen molar-refractivity contribution in [3.05, 3.63) is 53.1 Å². The van der Waals surface area contributed by atoms with Crippen molar-refractivity contribution in [1.29, 1.82) is 0 Å². The second kappa shape index (κ2) is 7.43. The van der Waals surface area contributed by atoms with Crippen molar-refractivity contribution in [2.75, 3.05) is 26.8 Å². The Labute approximate surface area is 170 Å². The average molecular weight is 395 g/mol. The van der Waals surface area contributed by atoms with Gasteiger partial charge in [-0.25, -0.2) is 0 Å². The molecule has 1 spiro atoms. The molecule has 152 valence electrons. The fourth-order valence-corrected chi connectivity index (χ4v) is 4.14. The lowest BCUT2D eigenvalue weighted by atomic mass is 9.89. The van der Waals surface area contributed by atoms with Gasteiger partial charge in [-0.3, -0.25) is 9.59 Å². The van der Waals surface area contributed by atoms with E-state index in [9.17, 15) is 9.59 Å². The topological polar surface area (TPSA) is 65.1 Å². The molecule has 2 aliphatic heterocycles. The molecule has 1 fully saturated rings. The van der Waals surface area contributed by atoms with E-state index in [2.05, 4.69) is 6.07 Å². The molecule has 0 bridgehead atoms. The van der Waals surface area contributed by atoms with Crippen molar-refractivity contribution in [2.24, 2.45) is 0 Å². The molecule has 1 amide bonds. The minimum absolute atomic E-state index is 0.0194. The Morgan fingerprint density at radius 2 is 1.90 bits per heavy atom. The summed E-state index contributed by atoms with van der Waals surface area (Å²) in [6.07, 6.45) is 0.883.